The summed E-state index contributed by atoms with van der Waals surface area (Å²) in [7, 11) is 0. The fourth-order valence-corrected chi connectivity index (χ4v) is 0.759. The Balaban J connectivity index is 2.28. The Hall–Kier alpha value is -1.32. The average molecular weight is 156 g/mol. The van der Waals surface area contributed by atoms with Gasteiger partial charge in [0, 0.05) is 12.5 Å². The van der Waals surface area contributed by atoms with Gasteiger partial charge < -0.3 is 9.84 Å². The van der Waals surface area contributed by atoms with Crippen molar-refractivity contribution in [3.63, 3.8) is 0 Å². The molecule has 0 aromatic rings. The zero-order valence-corrected chi connectivity index (χ0v) is 5.82. The molecule has 0 aliphatic heterocycles. The van der Waals surface area contributed by atoms with Crippen LogP contribution in [0.5, 0.6) is 0 Å². The van der Waals surface area contributed by atoms with Crippen molar-refractivity contribution < 1.29 is 19.4 Å². The van der Waals surface area contributed by atoms with Crippen molar-refractivity contribution in [2.45, 2.75) is 12.5 Å². The molecule has 0 aromatic heterocycles. The number of carboxylic acids is 1. The molecule has 4 heteroatoms. The number of rotatable bonds is 3. The van der Waals surface area contributed by atoms with E-state index in [4.69, 9.17) is 5.11 Å². The molecule has 0 spiro atoms. The summed E-state index contributed by atoms with van der Waals surface area (Å²) in [5, 5.41) is 8.39. The molecular weight excluding hydrogens is 148 g/mol. The monoisotopic (exact) mass is 156 g/mol. The van der Waals surface area contributed by atoms with Crippen LogP contribution >= 0.6 is 0 Å². The molecule has 11 heavy (non-hydrogen) atoms. The molecule has 0 heterocycles. The second-order valence-corrected chi connectivity index (χ2v) is 2.36. The number of hydrogen-bond acceptors (Lipinski definition) is 3. The maximum atomic E-state index is 10.5. The van der Waals surface area contributed by atoms with Crippen molar-refractivity contribution in [2.24, 2.45) is 5.92 Å². The van der Waals surface area contributed by atoms with Crippen LogP contribution in [0.15, 0.2) is 12.7 Å². The van der Waals surface area contributed by atoms with E-state index in [1.807, 2.05) is 0 Å². The molecule has 0 aromatic carbocycles. The van der Waals surface area contributed by atoms with Crippen LogP contribution in [0.1, 0.15) is 6.42 Å². The smallest absolute Gasteiger partial charge is 0.330 e. The van der Waals surface area contributed by atoms with Crippen LogP contribution in [-0.4, -0.2) is 23.1 Å². The third-order valence-electron chi connectivity index (χ3n) is 1.48. The minimum Gasteiger partial charge on any atom is -0.481 e. The summed E-state index contributed by atoms with van der Waals surface area (Å²) in [4.78, 5) is 20.7. The fraction of sp³-hybridized carbons (Fsp3) is 0.429. The standard InChI is InChI=1S/C7H8O4/c1-2-6(8)11-5-3-4(5)7(9)10/h2,4-5H,1,3H2,(H,9,10)/t4?,5-/m1/s1. The summed E-state index contributed by atoms with van der Waals surface area (Å²) in [6, 6.07) is 0. The van der Waals surface area contributed by atoms with E-state index in [1.54, 1.807) is 0 Å². The van der Waals surface area contributed by atoms with Crippen molar-refractivity contribution in [3.05, 3.63) is 12.7 Å². The highest BCUT2D eigenvalue weighted by molar-refractivity contribution is 5.82. The number of carboxylic acid groups (broad SMARTS) is 1. The lowest BCUT2D eigenvalue weighted by Gasteiger charge is -1.96. The number of aliphatic carboxylic acids is 1. The molecule has 1 saturated carbocycles. The van der Waals surface area contributed by atoms with Gasteiger partial charge in [-0.3, -0.25) is 4.79 Å². The van der Waals surface area contributed by atoms with Gasteiger partial charge >= 0.3 is 11.9 Å². The molecular formula is C7H8O4. The zero-order chi connectivity index (χ0) is 8.43. The van der Waals surface area contributed by atoms with E-state index >= 15 is 0 Å². The molecule has 60 valence electrons. The minimum atomic E-state index is -0.910. The van der Waals surface area contributed by atoms with E-state index in [1.165, 1.54) is 0 Å². The van der Waals surface area contributed by atoms with E-state index < -0.39 is 24.0 Å². The van der Waals surface area contributed by atoms with E-state index in [-0.39, 0.29) is 0 Å². The Kier molecular flexibility index (Phi) is 1.94. The molecule has 1 aliphatic rings. The normalized spacial score (nSPS) is 27.3. The third kappa shape index (κ3) is 1.80. The van der Waals surface area contributed by atoms with Gasteiger partial charge in [0.1, 0.15) is 6.10 Å². The van der Waals surface area contributed by atoms with Crippen LogP contribution in [-0.2, 0) is 14.3 Å². The molecule has 2 atom stereocenters. The topological polar surface area (TPSA) is 63.6 Å². The van der Waals surface area contributed by atoms with E-state index in [9.17, 15) is 9.59 Å². The van der Waals surface area contributed by atoms with E-state index in [0.29, 0.717) is 6.42 Å². The second kappa shape index (κ2) is 2.74. The van der Waals surface area contributed by atoms with Gasteiger partial charge in [-0.1, -0.05) is 6.58 Å². The predicted octanol–water partition coefficient (Wildman–Crippen LogP) is 0.189. The van der Waals surface area contributed by atoms with Gasteiger partial charge in [-0.25, -0.2) is 4.79 Å². The van der Waals surface area contributed by atoms with Gasteiger partial charge in [-0.15, -0.1) is 0 Å². The van der Waals surface area contributed by atoms with Gasteiger partial charge in [0.2, 0.25) is 0 Å². The summed E-state index contributed by atoms with van der Waals surface area (Å²) < 4.78 is 4.65. The minimum absolute atomic E-state index is 0.426. The van der Waals surface area contributed by atoms with Gasteiger partial charge in [0.05, 0.1) is 5.92 Å². The summed E-state index contributed by atoms with van der Waals surface area (Å²) >= 11 is 0. The van der Waals surface area contributed by atoms with Crippen molar-refractivity contribution in [3.8, 4) is 0 Å². The lowest BCUT2D eigenvalue weighted by atomic mass is 10.4. The van der Waals surface area contributed by atoms with Crippen molar-refractivity contribution in [1.82, 2.24) is 0 Å². The largest absolute Gasteiger partial charge is 0.481 e. The Morgan fingerprint density at radius 2 is 2.27 bits per heavy atom. The Labute approximate surface area is 63.5 Å². The molecule has 0 saturated heterocycles. The molecule has 1 aliphatic carbocycles. The summed E-state index contributed by atoms with van der Waals surface area (Å²) in [6.45, 7) is 3.19. The zero-order valence-electron chi connectivity index (χ0n) is 5.82. The van der Waals surface area contributed by atoms with Crippen molar-refractivity contribution in [1.29, 1.82) is 0 Å². The van der Waals surface area contributed by atoms with Crippen LogP contribution in [0.4, 0.5) is 0 Å². The molecule has 1 unspecified atom stereocenters. The molecule has 0 radical (unpaired) electrons. The van der Waals surface area contributed by atoms with Gasteiger partial charge in [-0.2, -0.15) is 0 Å². The first kappa shape index (κ1) is 7.78. The summed E-state index contributed by atoms with van der Waals surface area (Å²) in [5.74, 6) is -1.97. The quantitative estimate of drug-likeness (QED) is 0.468. The van der Waals surface area contributed by atoms with E-state index in [0.717, 1.165) is 6.08 Å². The van der Waals surface area contributed by atoms with Crippen LogP contribution in [0.3, 0.4) is 0 Å². The Bertz CT molecular complexity index is 208. The Morgan fingerprint density at radius 3 is 2.64 bits per heavy atom. The van der Waals surface area contributed by atoms with Crippen molar-refractivity contribution >= 4 is 11.9 Å². The van der Waals surface area contributed by atoms with Crippen molar-refractivity contribution in [2.75, 3.05) is 0 Å². The van der Waals surface area contributed by atoms with E-state index in [2.05, 4.69) is 11.3 Å². The number of carbonyl (C=O) groups is 2. The maximum Gasteiger partial charge on any atom is 0.330 e. The van der Waals surface area contributed by atoms with Gasteiger partial charge in [0.15, 0.2) is 0 Å². The molecule has 1 rings (SSSR count). The highest BCUT2D eigenvalue weighted by atomic mass is 16.6. The summed E-state index contributed by atoms with van der Waals surface area (Å²) in [5.41, 5.74) is 0. The van der Waals surface area contributed by atoms with Gasteiger partial charge in [-0.05, 0) is 0 Å². The molecule has 0 amide bonds. The first-order valence-electron chi connectivity index (χ1n) is 3.21. The van der Waals surface area contributed by atoms with Crippen LogP contribution in [0, 0.1) is 5.92 Å². The number of carbonyl (C=O) groups excluding carboxylic acids is 1. The molecule has 1 N–H and O–H groups in total. The lowest BCUT2D eigenvalue weighted by molar-refractivity contribution is -0.143. The number of hydrogen-bond donors (Lipinski definition) is 1. The van der Waals surface area contributed by atoms with Gasteiger partial charge in [0.25, 0.3) is 0 Å². The average Bonchev–Trinajstić information content (AvgIpc) is 2.67. The first-order chi connectivity index (χ1) is 5.15. The molecule has 0 bridgehead atoms. The molecule has 1 fully saturated rings. The number of ether oxygens (including phenoxy) is 1. The van der Waals surface area contributed by atoms with Crippen LogP contribution in [0.25, 0.3) is 0 Å². The predicted molar refractivity (Wildman–Crippen MR) is 35.8 cm³/mol. The Morgan fingerprint density at radius 1 is 1.64 bits per heavy atom. The second-order valence-electron chi connectivity index (χ2n) is 2.36. The fourth-order valence-electron chi connectivity index (χ4n) is 0.759. The molecule has 4 nitrogen and oxygen atoms in total. The SMILES string of the molecule is C=CC(=O)O[C@@H]1CC1C(=O)O. The number of esters is 1. The highest BCUT2D eigenvalue weighted by Gasteiger charge is 2.46. The van der Waals surface area contributed by atoms with Crippen LogP contribution in [0.2, 0.25) is 0 Å². The third-order valence-corrected chi connectivity index (χ3v) is 1.48. The first-order valence-corrected chi connectivity index (χ1v) is 3.21. The lowest BCUT2D eigenvalue weighted by Crippen LogP contribution is -2.08. The highest BCUT2D eigenvalue weighted by Crippen LogP contribution is 2.33. The summed E-state index contributed by atoms with van der Waals surface area (Å²) in [6.07, 6.45) is 1.02. The van der Waals surface area contributed by atoms with Crippen LogP contribution < -0.4 is 0 Å². The maximum absolute atomic E-state index is 10.5.